The van der Waals surface area contributed by atoms with Gasteiger partial charge in [-0.15, -0.1) is 0 Å². The Morgan fingerprint density at radius 2 is 1.36 bits per heavy atom. The summed E-state index contributed by atoms with van der Waals surface area (Å²) in [7, 11) is 0. The molecule has 0 fully saturated rings. The summed E-state index contributed by atoms with van der Waals surface area (Å²) >= 11 is 0. The highest BCUT2D eigenvalue weighted by Crippen LogP contribution is 2.19. The van der Waals surface area contributed by atoms with Crippen LogP contribution in [-0.4, -0.2) is 0 Å². The van der Waals surface area contributed by atoms with Gasteiger partial charge < -0.3 is 0 Å². The van der Waals surface area contributed by atoms with Crippen molar-refractivity contribution in [2.75, 3.05) is 0 Å². The van der Waals surface area contributed by atoms with Crippen LogP contribution in [0.5, 0.6) is 0 Å². The zero-order valence-electron chi connectivity index (χ0n) is 8.20. The van der Waals surface area contributed by atoms with Crippen molar-refractivity contribution >= 4 is 13.5 Å². The highest BCUT2D eigenvalue weighted by molar-refractivity contribution is 7.59. The van der Waals surface area contributed by atoms with E-state index in [1.165, 1.54) is 16.7 Å². The van der Waals surface area contributed by atoms with Crippen molar-refractivity contribution in [1.29, 1.82) is 0 Å². The normalized spacial score (nSPS) is 9.21. The van der Waals surface area contributed by atoms with Gasteiger partial charge in [0.1, 0.15) is 0 Å². The van der Waals surface area contributed by atoms with Crippen LogP contribution in [0, 0.1) is 6.92 Å². The van der Waals surface area contributed by atoms with Crippen molar-refractivity contribution in [3.63, 3.8) is 0 Å². The molecule has 1 heteroatoms. The maximum Gasteiger partial charge on any atom is -0.0181 e. The first-order chi connectivity index (χ1) is 6.36. The molecular formula is C13H14S. The molecule has 0 atom stereocenters. The van der Waals surface area contributed by atoms with E-state index < -0.39 is 0 Å². The van der Waals surface area contributed by atoms with Crippen LogP contribution in [0.25, 0.3) is 11.1 Å². The van der Waals surface area contributed by atoms with E-state index in [0.717, 1.165) is 0 Å². The Morgan fingerprint density at radius 1 is 0.714 bits per heavy atom. The van der Waals surface area contributed by atoms with Crippen LogP contribution >= 0.6 is 13.5 Å². The fourth-order valence-corrected chi connectivity index (χ4v) is 1.46. The van der Waals surface area contributed by atoms with E-state index in [1.54, 1.807) is 0 Å². The van der Waals surface area contributed by atoms with Gasteiger partial charge in [0.25, 0.3) is 0 Å². The fourth-order valence-electron chi connectivity index (χ4n) is 1.46. The van der Waals surface area contributed by atoms with Crippen molar-refractivity contribution in [2.45, 2.75) is 6.92 Å². The Labute approximate surface area is 92.0 Å². The molecule has 0 saturated carbocycles. The minimum absolute atomic E-state index is 0. The SMILES string of the molecule is Cc1cccc(-c2ccccc2)c1.S. The summed E-state index contributed by atoms with van der Waals surface area (Å²) in [5.74, 6) is 0. The highest BCUT2D eigenvalue weighted by atomic mass is 32.1. The van der Waals surface area contributed by atoms with Crippen LogP contribution in [0.2, 0.25) is 0 Å². The molecule has 0 heterocycles. The van der Waals surface area contributed by atoms with Crippen molar-refractivity contribution < 1.29 is 0 Å². The molecule has 0 aliphatic rings. The van der Waals surface area contributed by atoms with Gasteiger partial charge in [-0.25, -0.2) is 0 Å². The van der Waals surface area contributed by atoms with Gasteiger partial charge in [-0.1, -0.05) is 60.2 Å². The van der Waals surface area contributed by atoms with E-state index in [4.69, 9.17) is 0 Å². The second-order valence-electron chi connectivity index (χ2n) is 3.24. The zero-order valence-corrected chi connectivity index (χ0v) is 9.20. The van der Waals surface area contributed by atoms with E-state index in [9.17, 15) is 0 Å². The first kappa shape index (κ1) is 10.9. The van der Waals surface area contributed by atoms with E-state index in [-0.39, 0.29) is 13.5 Å². The van der Waals surface area contributed by atoms with Crippen molar-refractivity contribution in [3.05, 3.63) is 60.2 Å². The third kappa shape index (κ3) is 2.39. The lowest BCUT2D eigenvalue weighted by atomic mass is 10.0. The molecular weight excluding hydrogens is 188 g/mol. The molecule has 0 amide bonds. The van der Waals surface area contributed by atoms with Gasteiger partial charge in [-0.3, -0.25) is 0 Å². The Morgan fingerprint density at radius 3 is 2.00 bits per heavy atom. The lowest BCUT2D eigenvalue weighted by molar-refractivity contribution is 1.47. The summed E-state index contributed by atoms with van der Waals surface area (Å²) in [6.07, 6.45) is 0. The molecule has 0 radical (unpaired) electrons. The third-order valence-electron chi connectivity index (χ3n) is 2.13. The molecule has 2 aromatic carbocycles. The monoisotopic (exact) mass is 202 g/mol. The summed E-state index contributed by atoms with van der Waals surface area (Å²) in [6.45, 7) is 2.12. The van der Waals surface area contributed by atoms with Gasteiger partial charge in [0.05, 0.1) is 0 Å². The van der Waals surface area contributed by atoms with Gasteiger partial charge in [0.2, 0.25) is 0 Å². The molecule has 2 aromatic rings. The lowest BCUT2D eigenvalue weighted by Gasteiger charge is -2.01. The largest absolute Gasteiger partial charge is 0.197 e. The predicted octanol–water partition coefficient (Wildman–Crippen LogP) is 3.77. The summed E-state index contributed by atoms with van der Waals surface area (Å²) in [5.41, 5.74) is 3.88. The molecule has 2 rings (SSSR count). The smallest absolute Gasteiger partial charge is 0.0181 e. The molecule has 0 unspecified atom stereocenters. The zero-order chi connectivity index (χ0) is 9.10. The van der Waals surface area contributed by atoms with E-state index >= 15 is 0 Å². The Balaban J connectivity index is 0.000000980. The van der Waals surface area contributed by atoms with Gasteiger partial charge in [-0.2, -0.15) is 13.5 Å². The van der Waals surface area contributed by atoms with Crippen LogP contribution in [0.15, 0.2) is 54.6 Å². The second kappa shape index (κ2) is 4.87. The van der Waals surface area contributed by atoms with E-state index in [0.29, 0.717) is 0 Å². The van der Waals surface area contributed by atoms with Crippen molar-refractivity contribution in [3.8, 4) is 11.1 Å². The molecule has 0 aliphatic carbocycles. The quantitative estimate of drug-likeness (QED) is 0.660. The molecule has 0 saturated heterocycles. The number of benzene rings is 2. The Hall–Kier alpha value is -1.21. The molecule has 0 nitrogen and oxygen atoms in total. The number of hydrogen-bond donors (Lipinski definition) is 0. The topological polar surface area (TPSA) is 0 Å². The standard InChI is InChI=1S/C13H12.H2S/c1-11-6-5-9-13(10-11)12-7-3-2-4-8-12;/h2-10H,1H3;1H2. The predicted molar refractivity (Wildman–Crippen MR) is 67.0 cm³/mol. The maximum absolute atomic E-state index is 2.20. The van der Waals surface area contributed by atoms with Gasteiger partial charge >= 0.3 is 0 Å². The van der Waals surface area contributed by atoms with Crippen molar-refractivity contribution in [2.24, 2.45) is 0 Å². The summed E-state index contributed by atoms with van der Waals surface area (Å²) in [5, 5.41) is 0. The first-order valence-corrected chi connectivity index (χ1v) is 4.48. The van der Waals surface area contributed by atoms with E-state index in [1.807, 2.05) is 6.07 Å². The van der Waals surface area contributed by atoms with Crippen molar-refractivity contribution in [1.82, 2.24) is 0 Å². The average Bonchev–Trinajstić information content (AvgIpc) is 2.19. The van der Waals surface area contributed by atoms with Crippen LogP contribution in [0.4, 0.5) is 0 Å². The summed E-state index contributed by atoms with van der Waals surface area (Å²) in [6, 6.07) is 19.0. The third-order valence-corrected chi connectivity index (χ3v) is 2.13. The molecule has 14 heavy (non-hydrogen) atoms. The molecule has 0 aliphatic heterocycles. The lowest BCUT2D eigenvalue weighted by Crippen LogP contribution is -1.77. The van der Waals surface area contributed by atoms with Crippen LogP contribution in [0.3, 0.4) is 0 Å². The Kier molecular flexibility index (Phi) is 3.78. The van der Waals surface area contributed by atoms with Crippen LogP contribution in [-0.2, 0) is 0 Å². The molecule has 0 bridgehead atoms. The molecule has 0 aromatic heterocycles. The fraction of sp³-hybridized carbons (Fsp3) is 0.0769. The number of aryl methyl sites for hydroxylation is 1. The second-order valence-corrected chi connectivity index (χ2v) is 3.24. The van der Waals surface area contributed by atoms with Gasteiger partial charge in [-0.05, 0) is 18.1 Å². The maximum atomic E-state index is 2.20. The Bertz CT molecular complexity index is 393. The molecule has 0 spiro atoms. The highest BCUT2D eigenvalue weighted by Gasteiger charge is 1.94. The minimum atomic E-state index is 0. The number of hydrogen-bond acceptors (Lipinski definition) is 0. The van der Waals surface area contributed by atoms with E-state index in [2.05, 4.69) is 55.5 Å². The minimum Gasteiger partial charge on any atom is -0.197 e. The van der Waals surface area contributed by atoms with Gasteiger partial charge in [0, 0.05) is 0 Å². The summed E-state index contributed by atoms with van der Waals surface area (Å²) in [4.78, 5) is 0. The first-order valence-electron chi connectivity index (χ1n) is 4.48. The summed E-state index contributed by atoms with van der Waals surface area (Å²) < 4.78 is 0. The molecule has 72 valence electrons. The van der Waals surface area contributed by atoms with Gasteiger partial charge in [0.15, 0.2) is 0 Å². The van der Waals surface area contributed by atoms with Crippen LogP contribution in [0.1, 0.15) is 5.56 Å². The average molecular weight is 202 g/mol. The molecule has 0 N–H and O–H groups in total. The van der Waals surface area contributed by atoms with Crippen LogP contribution < -0.4 is 0 Å². The number of rotatable bonds is 1.